The first-order valence-electron chi connectivity index (χ1n) is 8.06. The normalized spacial score (nSPS) is 28.9. The molecular weight excluding hydrogens is 238 g/mol. The first kappa shape index (κ1) is 15.2. The molecule has 2 saturated heterocycles. The van der Waals surface area contributed by atoms with Crippen LogP contribution in [0, 0.1) is 0 Å². The molecule has 0 saturated carbocycles. The summed E-state index contributed by atoms with van der Waals surface area (Å²) in [6.07, 6.45) is 6.76. The first-order chi connectivity index (χ1) is 9.17. The van der Waals surface area contributed by atoms with Crippen molar-refractivity contribution in [2.24, 2.45) is 5.73 Å². The molecule has 0 aromatic rings. The van der Waals surface area contributed by atoms with Crippen LogP contribution in [0.15, 0.2) is 0 Å². The molecule has 2 fully saturated rings. The molecule has 112 valence electrons. The summed E-state index contributed by atoms with van der Waals surface area (Å²) in [5.41, 5.74) is 5.02. The van der Waals surface area contributed by atoms with Crippen LogP contribution in [0.5, 0.6) is 0 Å². The van der Waals surface area contributed by atoms with E-state index in [2.05, 4.69) is 9.80 Å². The molecule has 2 atom stereocenters. The van der Waals surface area contributed by atoms with Crippen LogP contribution >= 0.6 is 0 Å². The van der Waals surface area contributed by atoms with Gasteiger partial charge in [-0.3, -0.25) is 4.90 Å². The highest BCUT2D eigenvalue weighted by Gasteiger charge is 2.29. The van der Waals surface area contributed by atoms with Crippen molar-refractivity contribution in [2.75, 3.05) is 39.3 Å². The van der Waals surface area contributed by atoms with Gasteiger partial charge in [-0.05, 0) is 64.7 Å². The molecule has 2 aliphatic heterocycles. The van der Waals surface area contributed by atoms with Crippen molar-refractivity contribution in [1.29, 1.82) is 0 Å². The topological polar surface area (TPSA) is 52.7 Å². The fraction of sp³-hybridized carbons (Fsp3) is 1.00. The van der Waals surface area contributed by atoms with Crippen LogP contribution in [-0.2, 0) is 0 Å². The van der Waals surface area contributed by atoms with Gasteiger partial charge in [0.15, 0.2) is 0 Å². The van der Waals surface area contributed by atoms with E-state index in [1.165, 1.54) is 45.4 Å². The number of aliphatic hydroxyl groups is 1. The zero-order valence-corrected chi connectivity index (χ0v) is 12.5. The van der Waals surface area contributed by atoms with Crippen LogP contribution in [0.1, 0.15) is 45.4 Å². The maximum Gasteiger partial charge on any atom is 0.0767 e. The maximum atomic E-state index is 10.2. The van der Waals surface area contributed by atoms with Crippen LogP contribution in [0.25, 0.3) is 0 Å². The Morgan fingerprint density at radius 2 is 2.00 bits per heavy atom. The Kier molecular flexibility index (Phi) is 5.63. The van der Waals surface area contributed by atoms with Crippen molar-refractivity contribution in [3.05, 3.63) is 0 Å². The number of hydrogen-bond donors (Lipinski definition) is 2. The second-order valence-corrected chi connectivity index (χ2v) is 6.37. The predicted molar refractivity (Wildman–Crippen MR) is 79.2 cm³/mol. The summed E-state index contributed by atoms with van der Waals surface area (Å²) in [6, 6.07) is 0.794. The number of nitrogens with zero attached hydrogens (tertiary/aromatic N) is 2. The van der Waals surface area contributed by atoms with Gasteiger partial charge in [0.2, 0.25) is 0 Å². The minimum atomic E-state index is -0.631. The van der Waals surface area contributed by atoms with E-state index >= 15 is 0 Å². The lowest BCUT2D eigenvalue weighted by atomic mass is 9.95. The molecule has 2 unspecified atom stereocenters. The fourth-order valence-electron chi connectivity index (χ4n) is 3.47. The molecule has 3 N–H and O–H groups in total. The fourth-order valence-corrected chi connectivity index (χ4v) is 3.47. The van der Waals surface area contributed by atoms with Crippen LogP contribution in [0.3, 0.4) is 0 Å². The van der Waals surface area contributed by atoms with E-state index in [0.29, 0.717) is 6.54 Å². The van der Waals surface area contributed by atoms with E-state index in [4.69, 9.17) is 5.73 Å². The van der Waals surface area contributed by atoms with Gasteiger partial charge in [-0.1, -0.05) is 6.92 Å². The van der Waals surface area contributed by atoms with Gasteiger partial charge in [-0.25, -0.2) is 0 Å². The van der Waals surface area contributed by atoms with Gasteiger partial charge in [0.1, 0.15) is 0 Å². The number of hydrogen-bond acceptors (Lipinski definition) is 4. The molecule has 0 amide bonds. The summed E-state index contributed by atoms with van der Waals surface area (Å²) in [5.74, 6) is 0. The minimum Gasteiger partial charge on any atom is -0.389 e. The van der Waals surface area contributed by atoms with Crippen molar-refractivity contribution < 1.29 is 5.11 Å². The van der Waals surface area contributed by atoms with Crippen molar-refractivity contribution >= 4 is 0 Å². The summed E-state index contributed by atoms with van der Waals surface area (Å²) < 4.78 is 0. The molecule has 4 heteroatoms. The number of rotatable bonds is 7. The summed E-state index contributed by atoms with van der Waals surface area (Å²) in [6.45, 7) is 8.60. The molecule has 0 aliphatic carbocycles. The Hall–Kier alpha value is -0.160. The summed E-state index contributed by atoms with van der Waals surface area (Å²) in [4.78, 5) is 5.23. The van der Waals surface area contributed by atoms with Gasteiger partial charge in [0.05, 0.1) is 5.60 Å². The lowest BCUT2D eigenvalue weighted by molar-refractivity contribution is 0.0320. The highest BCUT2D eigenvalue weighted by molar-refractivity contribution is 4.86. The van der Waals surface area contributed by atoms with E-state index < -0.39 is 5.60 Å². The molecule has 0 spiro atoms. The van der Waals surface area contributed by atoms with Crippen molar-refractivity contribution in [3.63, 3.8) is 0 Å². The second-order valence-electron chi connectivity index (χ2n) is 6.37. The van der Waals surface area contributed by atoms with Crippen LogP contribution < -0.4 is 5.73 Å². The number of likely N-dealkylation sites (tertiary alicyclic amines) is 2. The van der Waals surface area contributed by atoms with Gasteiger partial charge >= 0.3 is 0 Å². The summed E-state index contributed by atoms with van der Waals surface area (Å²) in [5, 5.41) is 10.2. The van der Waals surface area contributed by atoms with Crippen molar-refractivity contribution in [2.45, 2.75) is 57.1 Å². The Morgan fingerprint density at radius 1 is 1.26 bits per heavy atom. The maximum absolute atomic E-state index is 10.2. The molecule has 2 heterocycles. The number of nitrogens with two attached hydrogens (primary N) is 1. The molecule has 0 aromatic heterocycles. The first-order valence-corrected chi connectivity index (χ1v) is 8.06. The standard InChI is InChI=1S/C15H31N3O/c1-2-15(19,13-16)7-5-8-17-11-6-14(12-17)18-9-3-4-10-18/h14,19H,2-13,16H2,1H3. The largest absolute Gasteiger partial charge is 0.389 e. The average molecular weight is 269 g/mol. The Balaban J connectivity index is 1.65. The van der Waals surface area contributed by atoms with E-state index in [0.717, 1.165) is 31.8 Å². The van der Waals surface area contributed by atoms with Gasteiger partial charge in [0.25, 0.3) is 0 Å². The predicted octanol–water partition coefficient (Wildman–Crippen LogP) is 1.04. The van der Waals surface area contributed by atoms with Gasteiger partial charge < -0.3 is 15.7 Å². The molecule has 2 aliphatic rings. The van der Waals surface area contributed by atoms with E-state index in [1.54, 1.807) is 0 Å². The third kappa shape index (κ3) is 4.15. The summed E-state index contributed by atoms with van der Waals surface area (Å²) in [7, 11) is 0. The quantitative estimate of drug-likeness (QED) is 0.725. The molecule has 4 nitrogen and oxygen atoms in total. The molecular formula is C15H31N3O. The monoisotopic (exact) mass is 269 g/mol. The van der Waals surface area contributed by atoms with E-state index in [1.807, 2.05) is 6.92 Å². The molecule has 0 aromatic carbocycles. The second kappa shape index (κ2) is 7.02. The zero-order valence-electron chi connectivity index (χ0n) is 12.5. The molecule has 0 bridgehead atoms. The zero-order chi connectivity index (χ0) is 13.7. The Labute approximate surface area is 117 Å². The Morgan fingerprint density at radius 3 is 2.63 bits per heavy atom. The minimum absolute atomic E-state index is 0.389. The van der Waals surface area contributed by atoms with Gasteiger partial charge in [-0.15, -0.1) is 0 Å². The lowest BCUT2D eigenvalue weighted by Gasteiger charge is -2.26. The van der Waals surface area contributed by atoms with Crippen molar-refractivity contribution in [1.82, 2.24) is 9.80 Å². The highest BCUT2D eigenvalue weighted by Crippen LogP contribution is 2.22. The van der Waals surface area contributed by atoms with Gasteiger partial charge in [0, 0.05) is 19.1 Å². The third-order valence-electron chi connectivity index (χ3n) is 5.06. The van der Waals surface area contributed by atoms with E-state index in [9.17, 15) is 5.11 Å². The highest BCUT2D eigenvalue weighted by atomic mass is 16.3. The molecule has 19 heavy (non-hydrogen) atoms. The third-order valence-corrected chi connectivity index (χ3v) is 5.06. The molecule has 2 rings (SSSR count). The van der Waals surface area contributed by atoms with Gasteiger partial charge in [-0.2, -0.15) is 0 Å². The SMILES string of the molecule is CCC(O)(CN)CCCN1CCC(N2CCCC2)C1. The lowest BCUT2D eigenvalue weighted by Crippen LogP contribution is -2.38. The van der Waals surface area contributed by atoms with E-state index in [-0.39, 0.29) is 0 Å². The molecule has 0 radical (unpaired) electrons. The average Bonchev–Trinajstić information content (AvgIpc) is 3.09. The van der Waals surface area contributed by atoms with Crippen molar-refractivity contribution in [3.8, 4) is 0 Å². The van der Waals surface area contributed by atoms with Crippen LogP contribution in [0.2, 0.25) is 0 Å². The smallest absolute Gasteiger partial charge is 0.0767 e. The van der Waals surface area contributed by atoms with Crippen LogP contribution in [0.4, 0.5) is 0 Å². The Bertz CT molecular complexity index is 262. The summed E-state index contributed by atoms with van der Waals surface area (Å²) >= 11 is 0. The van der Waals surface area contributed by atoms with Crippen LogP contribution in [-0.4, -0.2) is 65.8 Å².